The van der Waals surface area contributed by atoms with Gasteiger partial charge in [0.25, 0.3) is 5.56 Å². The number of hydrogen-bond donors (Lipinski definition) is 4. The highest BCUT2D eigenvalue weighted by molar-refractivity contribution is 6.31. The van der Waals surface area contributed by atoms with E-state index in [4.69, 9.17) is 17.3 Å². The lowest BCUT2D eigenvalue weighted by molar-refractivity contribution is -0.137. The Kier molecular flexibility index (Phi) is 7.87. The van der Waals surface area contributed by atoms with E-state index in [-0.39, 0.29) is 18.7 Å². The molecule has 0 saturated carbocycles. The average molecular weight is 469 g/mol. The number of nitrogens with one attached hydrogen (secondary N) is 2. The lowest BCUT2D eigenvalue weighted by atomic mass is 10.0. The Morgan fingerprint density at radius 3 is 2.48 bits per heavy atom. The van der Waals surface area contributed by atoms with Crippen LogP contribution in [-0.2, 0) is 17.9 Å². The van der Waals surface area contributed by atoms with Crippen LogP contribution in [0.15, 0.2) is 65.6 Å². The van der Waals surface area contributed by atoms with Crippen LogP contribution in [0, 0.1) is 6.92 Å². The standard InChI is InChI=1S/C24H25ClN4O4/c1-15-10-21(23(32)29(13-15)14-18-4-2-3-5-19(18)25)28-24(33)27-20(11-22(30)31)17-8-6-16(12-26)7-9-17/h2-10,13,20H,11-12,14,26H2,1H3,(H,30,31)(H2,27,28,33). The van der Waals surface area contributed by atoms with Gasteiger partial charge in [-0.25, -0.2) is 4.79 Å². The molecule has 3 aromatic rings. The molecule has 2 aromatic carbocycles. The molecule has 172 valence electrons. The van der Waals surface area contributed by atoms with Gasteiger partial charge in [-0.1, -0.05) is 54.1 Å². The lowest BCUT2D eigenvalue weighted by Crippen LogP contribution is -2.36. The summed E-state index contributed by atoms with van der Waals surface area (Å²) in [5, 5.41) is 15.0. The summed E-state index contributed by atoms with van der Waals surface area (Å²) in [6, 6.07) is 14.3. The fraction of sp³-hybridized carbons (Fsp3) is 0.208. The number of aromatic nitrogens is 1. The number of rotatable bonds is 8. The lowest BCUT2D eigenvalue weighted by Gasteiger charge is -2.19. The van der Waals surface area contributed by atoms with Crippen LogP contribution < -0.4 is 21.9 Å². The molecule has 1 aromatic heterocycles. The van der Waals surface area contributed by atoms with Crippen molar-refractivity contribution in [2.75, 3.05) is 5.32 Å². The SMILES string of the molecule is Cc1cc(NC(=O)NC(CC(=O)O)c2ccc(CN)cc2)c(=O)n(Cc2ccccc2Cl)c1. The number of nitrogens with zero attached hydrogens (tertiary/aromatic N) is 1. The Balaban J connectivity index is 1.80. The van der Waals surface area contributed by atoms with Crippen LogP contribution in [0.4, 0.5) is 10.5 Å². The topological polar surface area (TPSA) is 126 Å². The van der Waals surface area contributed by atoms with Gasteiger partial charge >= 0.3 is 12.0 Å². The van der Waals surface area contributed by atoms with Gasteiger partial charge in [0.1, 0.15) is 5.69 Å². The summed E-state index contributed by atoms with van der Waals surface area (Å²) in [5.74, 6) is -1.07. The van der Waals surface area contributed by atoms with Crippen molar-refractivity contribution in [2.24, 2.45) is 5.73 Å². The second kappa shape index (κ2) is 10.8. The fourth-order valence-corrected chi connectivity index (χ4v) is 3.63. The molecule has 33 heavy (non-hydrogen) atoms. The molecular weight excluding hydrogens is 444 g/mol. The second-order valence-corrected chi connectivity index (χ2v) is 8.06. The molecule has 0 aliphatic rings. The first-order valence-corrected chi connectivity index (χ1v) is 10.7. The first kappa shape index (κ1) is 24.0. The number of carbonyl (C=O) groups excluding carboxylic acids is 1. The van der Waals surface area contributed by atoms with Crippen molar-refractivity contribution in [1.29, 1.82) is 0 Å². The molecule has 1 unspecified atom stereocenters. The van der Waals surface area contributed by atoms with Gasteiger partial charge in [0.2, 0.25) is 0 Å². The maximum absolute atomic E-state index is 12.9. The van der Waals surface area contributed by atoms with Crippen molar-refractivity contribution in [1.82, 2.24) is 9.88 Å². The molecular formula is C24H25ClN4O4. The molecule has 0 saturated heterocycles. The van der Waals surface area contributed by atoms with Crippen molar-refractivity contribution in [3.05, 3.63) is 98.4 Å². The smallest absolute Gasteiger partial charge is 0.319 e. The van der Waals surface area contributed by atoms with Crippen molar-refractivity contribution >= 4 is 29.3 Å². The molecule has 9 heteroatoms. The van der Waals surface area contributed by atoms with E-state index >= 15 is 0 Å². The van der Waals surface area contributed by atoms with E-state index in [0.29, 0.717) is 17.1 Å². The molecule has 2 amide bonds. The molecule has 8 nitrogen and oxygen atoms in total. The third kappa shape index (κ3) is 6.44. The van der Waals surface area contributed by atoms with Crippen molar-refractivity contribution in [3.8, 4) is 0 Å². The molecule has 0 spiro atoms. The highest BCUT2D eigenvalue weighted by Crippen LogP contribution is 2.19. The van der Waals surface area contributed by atoms with E-state index in [1.54, 1.807) is 55.6 Å². The molecule has 1 atom stereocenters. The number of carboxylic acid groups (broad SMARTS) is 1. The number of urea groups is 1. The van der Waals surface area contributed by atoms with Gasteiger partial charge in [-0.2, -0.15) is 0 Å². The minimum atomic E-state index is -1.07. The number of pyridine rings is 1. The van der Waals surface area contributed by atoms with E-state index < -0.39 is 23.6 Å². The quantitative estimate of drug-likeness (QED) is 0.401. The number of aliphatic carboxylic acids is 1. The molecule has 3 rings (SSSR count). The number of carbonyl (C=O) groups is 2. The average Bonchev–Trinajstić information content (AvgIpc) is 2.77. The summed E-state index contributed by atoms with van der Waals surface area (Å²) in [5.41, 5.74) is 8.31. The number of hydrogen-bond acceptors (Lipinski definition) is 4. The van der Waals surface area contributed by atoms with Gasteiger partial charge in [-0.15, -0.1) is 0 Å². The fourth-order valence-electron chi connectivity index (χ4n) is 3.43. The monoisotopic (exact) mass is 468 g/mol. The van der Waals surface area contributed by atoms with Crippen molar-refractivity contribution < 1.29 is 14.7 Å². The van der Waals surface area contributed by atoms with Gasteiger partial charge in [0, 0.05) is 17.8 Å². The van der Waals surface area contributed by atoms with Crippen LogP contribution in [-0.4, -0.2) is 21.7 Å². The van der Waals surface area contributed by atoms with E-state index in [1.165, 1.54) is 4.57 Å². The third-order valence-corrected chi connectivity index (χ3v) is 5.44. The van der Waals surface area contributed by atoms with Gasteiger partial charge < -0.3 is 26.0 Å². The molecule has 0 fully saturated rings. The Hall–Kier alpha value is -3.62. The van der Waals surface area contributed by atoms with Crippen LogP contribution in [0.1, 0.15) is 34.7 Å². The zero-order valence-electron chi connectivity index (χ0n) is 18.0. The van der Waals surface area contributed by atoms with Crippen molar-refractivity contribution in [2.45, 2.75) is 32.5 Å². The predicted molar refractivity (Wildman–Crippen MR) is 127 cm³/mol. The van der Waals surface area contributed by atoms with Gasteiger partial charge in [0.05, 0.1) is 19.0 Å². The number of nitrogens with two attached hydrogens (primary N) is 1. The Labute approximate surface area is 196 Å². The summed E-state index contributed by atoms with van der Waals surface area (Å²) in [6.07, 6.45) is 1.36. The molecule has 5 N–H and O–H groups in total. The molecule has 0 bridgehead atoms. The molecule has 0 aliphatic carbocycles. The van der Waals surface area contributed by atoms with E-state index in [2.05, 4.69) is 10.6 Å². The summed E-state index contributed by atoms with van der Waals surface area (Å²) in [7, 11) is 0. The highest BCUT2D eigenvalue weighted by Gasteiger charge is 2.19. The van der Waals surface area contributed by atoms with Crippen LogP contribution in [0.3, 0.4) is 0 Å². The van der Waals surface area contributed by atoms with Gasteiger partial charge in [-0.3, -0.25) is 9.59 Å². The number of benzene rings is 2. The van der Waals surface area contributed by atoms with E-state index in [9.17, 15) is 19.5 Å². The highest BCUT2D eigenvalue weighted by atomic mass is 35.5. The largest absolute Gasteiger partial charge is 0.481 e. The minimum absolute atomic E-state index is 0.0760. The zero-order chi connectivity index (χ0) is 24.0. The number of carboxylic acids is 1. The second-order valence-electron chi connectivity index (χ2n) is 7.65. The first-order valence-electron chi connectivity index (χ1n) is 10.3. The van der Waals surface area contributed by atoms with Crippen LogP contribution >= 0.6 is 11.6 Å². The molecule has 0 aliphatic heterocycles. The first-order chi connectivity index (χ1) is 15.8. The summed E-state index contributed by atoms with van der Waals surface area (Å²) >= 11 is 6.22. The molecule has 1 heterocycles. The number of anilines is 1. The Morgan fingerprint density at radius 2 is 1.85 bits per heavy atom. The third-order valence-electron chi connectivity index (χ3n) is 5.07. The Morgan fingerprint density at radius 1 is 1.15 bits per heavy atom. The van der Waals surface area contributed by atoms with E-state index in [0.717, 1.165) is 16.7 Å². The Bertz CT molecular complexity index is 1210. The normalized spacial score (nSPS) is 11.6. The van der Waals surface area contributed by atoms with Crippen LogP contribution in [0.25, 0.3) is 0 Å². The van der Waals surface area contributed by atoms with Crippen LogP contribution in [0.5, 0.6) is 0 Å². The summed E-state index contributed by atoms with van der Waals surface area (Å²) in [4.78, 5) is 37.0. The number of aryl methyl sites for hydroxylation is 1. The minimum Gasteiger partial charge on any atom is -0.481 e. The number of amides is 2. The zero-order valence-corrected chi connectivity index (χ0v) is 18.8. The number of halogens is 1. The van der Waals surface area contributed by atoms with Crippen LogP contribution in [0.2, 0.25) is 5.02 Å². The van der Waals surface area contributed by atoms with Crippen molar-refractivity contribution in [3.63, 3.8) is 0 Å². The predicted octanol–water partition coefficient (Wildman–Crippen LogP) is 3.65. The molecule has 0 radical (unpaired) electrons. The maximum atomic E-state index is 12.9. The summed E-state index contributed by atoms with van der Waals surface area (Å²) in [6.45, 7) is 2.40. The van der Waals surface area contributed by atoms with E-state index in [1.807, 2.05) is 12.1 Å². The van der Waals surface area contributed by atoms with Gasteiger partial charge in [0.15, 0.2) is 0 Å². The summed E-state index contributed by atoms with van der Waals surface area (Å²) < 4.78 is 1.46. The maximum Gasteiger partial charge on any atom is 0.319 e. The van der Waals surface area contributed by atoms with Gasteiger partial charge in [-0.05, 0) is 41.3 Å².